The van der Waals surface area contributed by atoms with Crippen molar-refractivity contribution in [3.8, 4) is 0 Å². The first-order chi connectivity index (χ1) is 14.0. The maximum atomic E-state index is 13.2. The maximum absolute atomic E-state index is 13.2. The van der Waals surface area contributed by atoms with E-state index in [1.165, 1.54) is 28.9 Å². The van der Waals surface area contributed by atoms with Gasteiger partial charge in [-0.2, -0.15) is 13.2 Å². The second-order valence-electron chi connectivity index (χ2n) is 7.31. The van der Waals surface area contributed by atoms with E-state index in [0.717, 1.165) is 12.1 Å². The maximum Gasteiger partial charge on any atom is 0.417 e. The van der Waals surface area contributed by atoms with Crippen molar-refractivity contribution >= 4 is 17.6 Å². The highest BCUT2D eigenvalue weighted by Crippen LogP contribution is 2.32. The summed E-state index contributed by atoms with van der Waals surface area (Å²) >= 11 is 0. The van der Waals surface area contributed by atoms with Crippen molar-refractivity contribution in [1.29, 1.82) is 0 Å². The number of ketones is 1. The minimum absolute atomic E-state index is 0.120. The molecule has 1 aliphatic rings. The summed E-state index contributed by atoms with van der Waals surface area (Å²) < 4.78 is 39.6. The zero-order chi connectivity index (χ0) is 22.2. The standard InChI is InChI=1S/C21H22F3N3O3/c1-12-17(14(3)28)13(2)25-18(12)20(30)27-10-8-26(9-11-27)19(29)15-6-4-5-7-16(15)21(22,23)24/h4-7,25H,8-11H2,1-3H3. The lowest BCUT2D eigenvalue weighted by Gasteiger charge is -2.35. The molecular weight excluding hydrogens is 399 g/mol. The fourth-order valence-electron chi connectivity index (χ4n) is 3.85. The molecule has 2 heterocycles. The zero-order valence-electron chi connectivity index (χ0n) is 16.9. The number of aryl methyl sites for hydroxylation is 1. The van der Waals surface area contributed by atoms with Gasteiger partial charge in [0.25, 0.3) is 11.8 Å². The van der Waals surface area contributed by atoms with Gasteiger partial charge in [0, 0.05) is 37.4 Å². The summed E-state index contributed by atoms with van der Waals surface area (Å²) in [6.07, 6.45) is -4.62. The Balaban J connectivity index is 1.73. The Kier molecular flexibility index (Phi) is 5.74. The number of aromatic nitrogens is 1. The molecule has 6 nitrogen and oxygen atoms in total. The van der Waals surface area contributed by atoms with Gasteiger partial charge in [-0.1, -0.05) is 12.1 Å². The molecular formula is C21H22F3N3O3. The van der Waals surface area contributed by atoms with E-state index in [0.29, 0.717) is 22.5 Å². The SMILES string of the molecule is CC(=O)c1c(C)[nH]c(C(=O)N2CCN(C(=O)c3ccccc3C(F)(F)F)CC2)c1C. The Hall–Kier alpha value is -3.10. The minimum atomic E-state index is -4.62. The molecule has 1 N–H and O–H groups in total. The molecule has 160 valence electrons. The van der Waals surface area contributed by atoms with Crippen molar-refractivity contribution in [3.05, 3.63) is 57.9 Å². The molecule has 9 heteroatoms. The first-order valence-corrected chi connectivity index (χ1v) is 9.47. The molecule has 0 aliphatic carbocycles. The van der Waals surface area contributed by atoms with Crippen LogP contribution in [0.1, 0.15) is 54.9 Å². The topological polar surface area (TPSA) is 73.5 Å². The number of amides is 2. The lowest BCUT2D eigenvalue weighted by Crippen LogP contribution is -2.51. The molecule has 1 fully saturated rings. The molecule has 1 aromatic heterocycles. The van der Waals surface area contributed by atoms with E-state index in [2.05, 4.69) is 4.98 Å². The third-order valence-electron chi connectivity index (χ3n) is 5.32. The van der Waals surface area contributed by atoms with Gasteiger partial charge in [-0.3, -0.25) is 14.4 Å². The average Bonchev–Trinajstić information content (AvgIpc) is 3.00. The highest BCUT2D eigenvalue weighted by Gasteiger charge is 2.37. The number of nitrogens with zero attached hydrogens (tertiary/aromatic N) is 2. The molecule has 0 spiro atoms. The lowest BCUT2D eigenvalue weighted by molar-refractivity contribution is -0.138. The third-order valence-corrected chi connectivity index (χ3v) is 5.32. The van der Waals surface area contributed by atoms with Crippen LogP contribution in [-0.2, 0) is 6.18 Å². The van der Waals surface area contributed by atoms with E-state index < -0.39 is 23.2 Å². The van der Waals surface area contributed by atoms with E-state index in [1.807, 2.05) is 0 Å². The fraction of sp³-hybridized carbons (Fsp3) is 0.381. The van der Waals surface area contributed by atoms with E-state index >= 15 is 0 Å². The number of H-pyrrole nitrogens is 1. The molecule has 30 heavy (non-hydrogen) atoms. The number of halogens is 3. The lowest BCUT2D eigenvalue weighted by atomic mass is 10.0. The van der Waals surface area contributed by atoms with Crippen LogP contribution in [0.2, 0.25) is 0 Å². The third kappa shape index (κ3) is 3.96. The van der Waals surface area contributed by atoms with Gasteiger partial charge in [0.2, 0.25) is 0 Å². The first kappa shape index (κ1) is 21.6. The number of hydrogen-bond donors (Lipinski definition) is 1. The summed E-state index contributed by atoms with van der Waals surface area (Å²) in [6.45, 7) is 5.46. The van der Waals surface area contributed by atoms with Gasteiger partial charge >= 0.3 is 6.18 Å². The van der Waals surface area contributed by atoms with Gasteiger partial charge in [0.1, 0.15) is 5.69 Å². The minimum Gasteiger partial charge on any atom is -0.354 e. The Labute approximate surface area is 171 Å². The van der Waals surface area contributed by atoms with Gasteiger partial charge in [-0.05, 0) is 38.5 Å². The monoisotopic (exact) mass is 421 g/mol. The largest absolute Gasteiger partial charge is 0.417 e. The summed E-state index contributed by atoms with van der Waals surface area (Å²) in [6, 6.07) is 4.68. The normalized spacial score (nSPS) is 14.7. The van der Waals surface area contributed by atoms with Crippen molar-refractivity contribution in [1.82, 2.24) is 14.8 Å². The molecule has 3 rings (SSSR count). The predicted molar refractivity (Wildman–Crippen MR) is 104 cm³/mol. The van der Waals surface area contributed by atoms with Crippen LogP contribution >= 0.6 is 0 Å². The number of benzene rings is 1. The molecule has 2 aromatic rings. The van der Waals surface area contributed by atoms with Crippen LogP contribution < -0.4 is 0 Å². The second-order valence-corrected chi connectivity index (χ2v) is 7.31. The summed E-state index contributed by atoms with van der Waals surface area (Å²) in [4.78, 5) is 43.1. The Morgan fingerprint density at radius 2 is 1.47 bits per heavy atom. The zero-order valence-corrected chi connectivity index (χ0v) is 16.9. The van der Waals surface area contributed by atoms with Gasteiger partial charge in [0.15, 0.2) is 5.78 Å². The average molecular weight is 421 g/mol. The van der Waals surface area contributed by atoms with Crippen molar-refractivity contribution in [2.45, 2.75) is 26.9 Å². The number of piperazine rings is 1. The Bertz CT molecular complexity index is 1000. The van der Waals surface area contributed by atoms with E-state index in [9.17, 15) is 27.6 Å². The van der Waals surface area contributed by atoms with Gasteiger partial charge in [0.05, 0.1) is 11.1 Å². The van der Waals surface area contributed by atoms with Crippen LogP contribution in [0, 0.1) is 13.8 Å². The van der Waals surface area contributed by atoms with E-state index in [1.54, 1.807) is 13.8 Å². The molecule has 0 unspecified atom stereocenters. The van der Waals surface area contributed by atoms with Gasteiger partial charge < -0.3 is 14.8 Å². The molecule has 1 saturated heterocycles. The van der Waals surface area contributed by atoms with Crippen LogP contribution in [0.15, 0.2) is 24.3 Å². The summed E-state index contributed by atoms with van der Waals surface area (Å²) in [5.41, 5.74) is 0.619. The molecule has 0 atom stereocenters. The van der Waals surface area contributed by atoms with Crippen LogP contribution in [0.5, 0.6) is 0 Å². The molecule has 1 aliphatic heterocycles. The van der Waals surface area contributed by atoms with Crippen molar-refractivity contribution in [2.24, 2.45) is 0 Å². The van der Waals surface area contributed by atoms with Crippen LogP contribution in [0.4, 0.5) is 13.2 Å². The number of carbonyl (C=O) groups is 3. The molecule has 1 aromatic carbocycles. The number of alkyl halides is 3. The highest BCUT2D eigenvalue weighted by molar-refractivity contribution is 6.02. The molecule has 2 amide bonds. The molecule has 0 bridgehead atoms. The number of carbonyl (C=O) groups excluding carboxylic acids is 3. The van der Waals surface area contributed by atoms with E-state index in [4.69, 9.17) is 0 Å². The van der Waals surface area contributed by atoms with Gasteiger partial charge in [-0.25, -0.2) is 0 Å². The first-order valence-electron chi connectivity index (χ1n) is 9.47. The number of hydrogen-bond acceptors (Lipinski definition) is 3. The Morgan fingerprint density at radius 3 is 1.97 bits per heavy atom. The Morgan fingerprint density at radius 1 is 0.933 bits per heavy atom. The van der Waals surface area contributed by atoms with Crippen molar-refractivity contribution in [2.75, 3.05) is 26.2 Å². The second kappa shape index (κ2) is 7.97. The van der Waals surface area contributed by atoms with E-state index in [-0.39, 0.29) is 37.9 Å². The number of Topliss-reactive ketones (excluding diaryl/α,β-unsaturated/α-hetero) is 1. The highest BCUT2D eigenvalue weighted by atomic mass is 19.4. The number of rotatable bonds is 3. The fourth-order valence-corrected chi connectivity index (χ4v) is 3.85. The summed E-state index contributed by atoms with van der Waals surface area (Å²) in [5, 5.41) is 0. The summed E-state index contributed by atoms with van der Waals surface area (Å²) in [5.74, 6) is -1.15. The predicted octanol–water partition coefficient (Wildman–Crippen LogP) is 3.45. The quantitative estimate of drug-likeness (QED) is 0.772. The number of nitrogens with one attached hydrogen (secondary N) is 1. The number of aromatic amines is 1. The van der Waals surface area contributed by atoms with Crippen LogP contribution in [0.25, 0.3) is 0 Å². The van der Waals surface area contributed by atoms with Crippen LogP contribution in [0.3, 0.4) is 0 Å². The van der Waals surface area contributed by atoms with Crippen LogP contribution in [-0.4, -0.2) is 58.6 Å². The van der Waals surface area contributed by atoms with Gasteiger partial charge in [-0.15, -0.1) is 0 Å². The molecule has 0 saturated carbocycles. The summed E-state index contributed by atoms with van der Waals surface area (Å²) in [7, 11) is 0. The van der Waals surface area contributed by atoms with Crippen molar-refractivity contribution < 1.29 is 27.6 Å². The van der Waals surface area contributed by atoms with Crippen molar-refractivity contribution in [3.63, 3.8) is 0 Å². The smallest absolute Gasteiger partial charge is 0.354 e. The molecule has 0 radical (unpaired) electrons.